The second-order valence-corrected chi connectivity index (χ2v) is 7.88. The summed E-state index contributed by atoms with van der Waals surface area (Å²) in [5.74, 6) is -3.21. The molecule has 0 aromatic carbocycles. The molecule has 5 atom stereocenters. The number of carbonyl (C=O) groups excluding carboxylic acids is 3. The fraction of sp³-hybridized carbons (Fsp3) is 0.789. The minimum atomic E-state index is -1.51. The molecule has 0 spiro atoms. The van der Waals surface area contributed by atoms with E-state index in [4.69, 9.17) is 16.6 Å². The molecule has 0 aromatic heterocycles. The van der Waals surface area contributed by atoms with Crippen LogP contribution in [0.15, 0.2) is 0 Å². The first-order valence-corrected chi connectivity index (χ1v) is 10.2. The van der Waals surface area contributed by atoms with Crippen LogP contribution in [0.4, 0.5) is 0 Å². The van der Waals surface area contributed by atoms with Gasteiger partial charge in [-0.25, -0.2) is 4.79 Å². The lowest BCUT2D eigenvalue weighted by atomic mass is 10.0. The van der Waals surface area contributed by atoms with Crippen LogP contribution in [-0.2, 0) is 19.2 Å². The quantitative estimate of drug-likeness (QED) is 0.160. The van der Waals surface area contributed by atoms with Gasteiger partial charge in [-0.15, -0.1) is 0 Å². The lowest BCUT2D eigenvalue weighted by Gasteiger charge is -2.25. The number of amides is 3. The average Bonchev–Trinajstić information content (AvgIpc) is 2.64. The van der Waals surface area contributed by atoms with Crippen LogP contribution in [0, 0.1) is 5.92 Å². The molecule has 0 saturated heterocycles. The number of carbonyl (C=O) groups is 4. The zero-order valence-corrected chi connectivity index (χ0v) is 18.2. The SMILES string of the molecule is CC(C)CC(NC(=O)C(C)NC(=O)C(N)CCCCN)C(=O)NC(C(=O)O)C(C)O. The van der Waals surface area contributed by atoms with Gasteiger partial charge < -0.3 is 37.6 Å². The highest BCUT2D eigenvalue weighted by molar-refractivity contribution is 5.93. The molecule has 0 heterocycles. The van der Waals surface area contributed by atoms with Crippen molar-refractivity contribution in [3.63, 3.8) is 0 Å². The highest BCUT2D eigenvalue weighted by Crippen LogP contribution is 2.07. The van der Waals surface area contributed by atoms with Gasteiger partial charge in [-0.2, -0.15) is 0 Å². The van der Waals surface area contributed by atoms with E-state index in [1.807, 2.05) is 13.8 Å². The molecule has 0 rings (SSSR count). The first kappa shape index (κ1) is 27.8. The zero-order valence-electron chi connectivity index (χ0n) is 18.2. The monoisotopic (exact) mass is 431 g/mol. The summed E-state index contributed by atoms with van der Waals surface area (Å²) in [6.07, 6.45) is 0.790. The van der Waals surface area contributed by atoms with Gasteiger partial charge in [0.1, 0.15) is 12.1 Å². The van der Waals surface area contributed by atoms with Crippen molar-refractivity contribution in [1.29, 1.82) is 0 Å². The minimum absolute atomic E-state index is 0.0109. The highest BCUT2D eigenvalue weighted by Gasteiger charge is 2.31. The van der Waals surface area contributed by atoms with Crippen molar-refractivity contribution in [3.8, 4) is 0 Å². The molecule has 0 aliphatic carbocycles. The number of aliphatic hydroxyl groups excluding tert-OH is 1. The number of aliphatic hydroxyl groups is 1. The van der Waals surface area contributed by atoms with Crippen LogP contribution in [-0.4, -0.2) is 70.7 Å². The number of hydrogen-bond acceptors (Lipinski definition) is 7. The van der Waals surface area contributed by atoms with E-state index in [0.29, 0.717) is 19.4 Å². The maximum absolute atomic E-state index is 12.5. The number of hydrogen-bond donors (Lipinski definition) is 7. The smallest absolute Gasteiger partial charge is 0.328 e. The molecular formula is C19H37N5O6. The molecular weight excluding hydrogens is 394 g/mol. The molecule has 0 radical (unpaired) electrons. The molecule has 11 heteroatoms. The Hall–Kier alpha value is -2.24. The van der Waals surface area contributed by atoms with E-state index in [0.717, 1.165) is 6.42 Å². The summed E-state index contributed by atoms with van der Waals surface area (Å²) < 4.78 is 0. The first-order valence-electron chi connectivity index (χ1n) is 10.2. The van der Waals surface area contributed by atoms with Crippen LogP contribution in [0.3, 0.4) is 0 Å². The summed E-state index contributed by atoms with van der Waals surface area (Å²) in [7, 11) is 0. The summed E-state index contributed by atoms with van der Waals surface area (Å²) in [6.45, 7) is 6.87. The standard InChI is InChI=1S/C19H37N5O6/c1-10(2)9-14(18(28)24-15(12(4)25)19(29)30)23-16(26)11(3)22-17(27)13(21)7-5-6-8-20/h10-15,25H,5-9,20-21H2,1-4H3,(H,22,27)(H,23,26)(H,24,28)(H,29,30). The Morgan fingerprint density at radius 1 is 0.900 bits per heavy atom. The van der Waals surface area contributed by atoms with E-state index in [1.54, 1.807) is 0 Å². The van der Waals surface area contributed by atoms with Crippen LogP contribution in [0.1, 0.15) is 53.4 Å². The summed E-state index contributed by atoms with van der Waals surface area (Å²) in [5, 5.41) is 25.9. The molecule has 0 bridgehead atoms. The summed E-state index contributed by atoms with van der Waals surface area (Å²) >= 11 is 0. The number of carboxylic acid groups (broad SMARTS) is 1. The molecule has 0 aliphatic heterocycles. The van der Waals surface area contributed by atoms with Gasteiger partial charge in [0, 0.05) is 0 Å². The molecule has 5 unspecified atom stereocenters. The highest BCUT2D eigenvalue weighted by atomic mass is 16.4. The Bertz CT molecular complexity index is 584. The third-order valence-electron chi connectivity index (χ3n) is 4.44. The summed E-state index contributed by atoms with van der Waals surface area (Å²) in [5.41, 5.74) is 11.2. The Kier molecular flexibility index (Phi) is 12.8. The van der Waals surface area contributed by atoms with Crippen LogP contribution < -0.4 is 27.4 Å². The number of nitrogens with two attached hydrogens (primary N) is 2. The maximum atomic E-state index is 12.5. The van der Waals surface area contributed by atoms with Crippen molar-refractivity contribution in [2.45, 2.75) is 83.6 Å². The predicted molar refractivity (Wildman–Crippen MR) is 111 cm³/mol. The van der Waals surface area contributed by atoms with Crippen molar-refractivity contribution in [1.82, 2.24) is 16.0 Å². The van der Waals surface area contributed by atoms with Crippen LogP contribution in [0.5, 0.6) is 0 Å². The van der Waals surface area contributed by atoms with Crippen LogP contribution in [0.25, 0.3) is 0 Å². The lowest BCUT2D eigenvalue weighted by molar-refractivity contribution is -0.145. The van der Waals surface area contributed by atoms with Gasteiger partial charge in [0.2, 0.25) is 17.7 Å². The average molecular weight is 432 g/mol. The molecule has 3 amide bonds. The molecule has 0 aliphatic rings. The van der Waals surface area contributed by atoms with Gasteiger partial charge in [0.15, 0.2) is 6.04 Å². The lowest BCUT2D eigenvalue weighted by Crippen LogP contribution is -2.58. The van der Waals surface area contributed by atoms with Crippen LogP contribution in [0.2, 0.25) is 0 Å². The molecule has 9 N–H and O–H groups in total. The van der Waals surface area contributed by atoms with Gasteiger partial charge in [-0.1, -0.05) is 20.3 Å². The van der Waals surface area contributed by atoms with Crippen molar-refractivity contribution in [2.75, 3.05) is 6.54 Å². The van der Waals surface area contributed by atoms with E-state index in [2.05, 4.69) is 16.0 Å². The largest absolute Gasteiger partial charge is 0.480 e. The number of aliphatic carboxylic acids is 1. The van der Waals surface area contributed by atoms with Gasteiger partial charge in [-0.05, 0) is 45.6 Å². The molecule has 0 fully saturated rings. The van der Waals surface area contributed by atoms with Gasteiger partial charge >= 0.3 is 5.97 Å². The van der Waals surface area contributed by atoms with E-state index in [-0.39, 0.29) is 12.3 Å². The van der Waals surface area contributed by atoms with E-state index < -0.39 is 54.0 Å². The van der Waals surface area contributed by atoms with Crippen molar-refractivity contribution >= 4 is 23.7 Å². The zero-order chi connectivity index (χ0) is 23.4. The topological polar surface area (TPSA) is 197 Å². The predicted octanol–water partition coefficient (Wildman–Crippen LogP) is -1.57. The molecule has 11 nitrogen and oxygen atoms in total. The van der Waals surface area contributed by atoms with Crippen molar-refractivity contribution < 1.29 is 29.4 Å². The van der Waals surface area contributed by atoms with E-state index >= 15 is 0 Å². The summed E-state index contributed by atoms with van der Waals surface area (Å²) in [4.78, 5) is 48.3. The first-order chi connectivity index (χ1) is 13.9. The fourth-order valence-electron chi connectivity index (χ4n) is 2.67. The number of nitrogens with one attached hydrogen (secondary N) is 3. The minimum Gasteiger partial charge on any atom is -0.480 e. The Balaban J connectivity index is 4.98. The van der Waals surface area contributed by atoms with E-state index in [1.165, 1.54) is 13.8 Å². The van der Waals surface area contributed by atoms with Gasteiger partial charge in [-0.3, -0.25) is 14.4 Å². The Morgan fingerprint density at radius 3 is 1.97 bits per heavy atom. The molecule has 30 heavy (non-hydrogen) atoms. The second-order valence-electron chi connectivity index (χ2n) is 7.88. The molecule has 0 saturated carbocycles. The molecule has 174 valence electrons. The third-order valence-corrected chi connectivity index (χ3v) is 4.44. The second kappa shape index (κ2) is 13.9. The number of carboxylic acids is 1. The maximum Gasteiger partial charge on any atom is 0.328 e. The number of rotatable bonds is 14. The van der Waals surface area contributed by atoms with Crippen LogP contribution >= 0.6 is 0 Å². The Labute approximate surface area is 177 Å². The normalized spacial score (nSPS) is 16.1. The van der Waals surface area contributed by atoms with Crippen molar-refractivity contribution in [2.24, 2.45) is 17.4 Å². The molecule has 0 aromatic rings. The fourth-order valence-corrected chi connectivity index (χ4v) is 2.67. The number of unbranched alkanes of at least 4 members (excludes halogenated alkanes) is 1. The Morgan fingerprint density at radius 2 is 1.50 bits per heavy atom. The van der Waals surface area contributed by atoms with Gasteiger partial charge in [0.25, 0.3) is 0 Å². The summed E-state index contributed by atoms with van der Waals surface area (Å²) in [6, 6.07) is -4.26. The van der Waals surface area contributed by atoms with Gasteiger partial charge in [0.05, 0.1) is 12.1 Å². The van der Waals surface area contributed by atoms with Crippen molar-refractivity contribution in [3.05, 3.63) is 0 Å². The van der Waals surface area contributed by atoms with E-state index in [9.17, 15) is 24.3 Å². The third kappa shape index (κ3) is 10.5.